The first-order chi connectivity index (χ1) is 28.3. The SMILES string of the molecule is c1ccc(-c2cccc(-n3c4ccccc4c4cc5c(cc43)c3cc(-n4c6ccccc6c6ccccc64)ccc3n5-c3cccc(-c4ccccc4)c3)c2)cc1. The number of aromatic nitrogens is 3. The van der Waals surface area contributed by atoms with Crippen molar-refractivity contribution in [1.82, 2.24) is 13.7 Å². The van der Waals surface area contributed by atoms with Gasteiger partial charge < -0.3 is 13.7 Å². The van der Waals surface area contributed by atoms with Gasteiger partial charge in [-0.25, -0.2) is 0 Å². The predicted octanol–water partition coefficient (Wildman–Crippen LogP) is 14.3. The van der Waals surface area contributed by atoms with Gasteiger partial charge in [-0.05, 0) is 95.1 Å². The van der Waals surface area contributed by atoms with Gasteiger partial charge in [-0.1, -0.05) is 140 Å². The highest BCUT2D eigenvalue weighted by atomic mass is 15.0. The molecule has 0 saturated carbocycles. The molecule has 0 N–H and O–H groups in total. The normalized spacial score (nSPS) is 11.9. The summed E-state index contributed by atoms with van der Waals surface area (Å²) in [6.45, 7) is 0. The number of nitrogens with zero attached hydrogens (tertiary/aromatic N) is 3. The molecule has 0 aliphatic rings. The van der Waals surface area contributed by atoms with E-state index in [2.05, 4.69) is 226 Å². The summed E-state index contributed by atoms with van der Waals surface area (Å²) in [7, 11) is 0. The highest BCUT2D eigenvalue weighted by Gasteiger charge is 2.20. The van der Waals surface area contributed by atoms with Gasteiger partial charge in [-0.3, -0.25) is 0 Å². The zero-order valence-electron chi connectivity index (χ0n) is 31.0. The van der Waals surface area contributed by atoms with E-state index in [1.165, 1.54) is 87.7 Å². The molecule has 3 heterocycles. The van der Waals surface area contributed by atoms with E-state index in [1.54, 1.807) is 0 Å². The summed E-state index contributed by atoms with van der Waals surface area (Å²) in [5, 5.41) is 7.42. The van der Waals surface area contributed by atoms with E-state index in [0.717, 1.165) is 17.1 Å². The van der Waals surface area contributed by atoms with Crippen molar-refractivity contribution in [3.05, 3.63) is 212 Å². The molecule has 12 aromatic rings. The number of rotatable bonds is 5. The zero-order valence-corrected chi connectivity index (χ0v) is 31.0. The van der Waals surface area contributed by atoms with Crippen molar-refractivity contribution < 1.29 is 0 Å². The molecule has 12 rings (SSSR count). The van der Waals surface area contributed by atoms with Crippen LogP contribution in [0.3, 0.4) is 0 Å². The first-order valence-corrected chi connectivity index (χ1v) is 19.6. The van der Waals surface area contributed by atoms with Crippen molar-refractivity contribution in [2.45, 2.75) is 0 Å². The molecule has 0 atom stereocenters. The van der Waals surface area contributed by atoms with Gasteiger partial charge in [-0.15, -0.1) is 0 Å². The van der Waals surface area contributed by atoms with Crippen LogP contribution in [0.2, 0.25) is 0 Å². The number of para-hydroxylation sites is 3. The van der Waals surface area contributed by atoms with Crippen LogP contribution < -0.4 is 0 Å². The molecule has 3 nitrogen and oxygen atoms in total. The van der Waals surface area contributed by atoms with Crippen molar-refractivity contribution in [2.24, 2.45) is 0 Å². The summed E-state index contributed by atoms with van der Waals surface area (Å²) in [4.78, 5) is 0. The summed E-state index contributed by atoms with van der Waals surface area (Å²) < 4.78 is 7.34. The quantitative estimate of drug-likeness (QED) is 0.168. The van der Waals surface area contributed by atoms with Gasteiger partial charge in [0.15, 0.2) is 0 Å². The van der Waals surface area contributed by atoms with Crippen LogP contribution in [0.15, 0.2) is 212 Å². The lowest BCUT2D eigenvalue weighted by molar-refractivity contribution is 1.16. The van der Waals surface area contributed by atoms with Crippen LogP contribution in [-0.4, -0.2) is 13.7 Å². The van der Waals surface area contributed by atoms with Crippen molar-refractivity contribution >= 4 is 65.4 Å². The summed E-state index contributed by atoms with van der Waals surface area (Å²) in [6.07, 6.45) is 0. The highest BCUT2D eigenvalue weighted by Crippen LogP contribution is 2.42. The molecular weight excluding hydrogens is 691 g/mol. The van der Waals surface area contributed by atoms with Crippen LogP contribution in [0, 0.1) is 0 Å². The third-order valence-electron chi connectivity index (χ3n) is 11.8. The molecule has 266 valence electrons. The van der Waals surface area contributed by atoms with E-state index in [0.29, 0.717) is 0 Å². The second-order valence-electron chi connectivity index (χ2n) is 15.0. The Morgan fingerprint density at radius 2 is 0.544 bits per heavy atom. The Bertz CT molecular complexity index is 3460. The Kier molecular flexibility index (Phi) is 6.93. The molecule has 3 heteroatoms. The lowest BCUT2D eigenvalue weighted by Gasteiger charge is -2.12. The maximum absolute atomic E-state index is 2.47. The Labute approximate surface area is 329 Å². The lowest BCUT2D eigenvalue weighted by Crippen LogP contribution is -1.96. The first kappa shape index (κ1) is 31.7. The van der Waals surface area contributed by atoms with E-state index in [-0.39, 0.29) is 0 Å². The highest BCUT2D eigenvalue weighted by molar-refractivity contribution is 6.19. The minimum atomic E-state index is 1.14. The predicted molar refractivity (Wildman–Crippen MR) is 240 cm³/mol. The van der Waals surface area contributed by atoms with Gasteiger partial charge in [0.2, 0.25) is 0 Å². The largest absolute Gasteiger partial charge is 0.309 e. The Hall–Kier alpha value is -7.62. The Morgan fingerprint density at radius 3 is 1.05 bits per heavy atom. The van der Waals surface area contributed by atoms with E-state index in [1.807, 2.05) is 0 Å². The monoisotopic (exact) mass is 725 g/mol. The third-order valence-corrected chi connectivity index (χ3v) is 11.8. The van der Waals surface area contributed by atoms with E-state index in [4.69, 9.17) is 0 Å². The van der Waals surface area contributed by atoms with Crippen molar-refractivity contribution in [1.29, 1.82) is 0 Å². The van der Waals surface area contributed by atoms with Crippen LogP contribution in [0.5, 0.6) is 0 Å². The number of hydrogen-bond donors (Lipinski definition) is 0. The fourth-order valence-corrected chi connectivity index (χ4v) is 9.28. The second kappa shape index (κ2) is 12.5. The average Bonchev–Trinajstić information content (AvgIpc) is 3.91. The van der Waals surface area contributed by atoms with Gasteiger partial charge in [0.05, 0.1) is 33.1 Å². The summed E-state index contributed by atoms with van der Waals surface area (Å²) in [5.74, 6) is 0. The number of fused-ring (bicyclic) bond motifs is 9. The van der Waals surface area contributed by atoms with E-state index >= 15 is 0 Å². The Balaban J connectivity index is 1.18. The van der Waals surface area contributed by atoms with E-state index in [9.17, 15) is 0 Å². The smallest absolute Gasteiger partial charge is 0.0548 e. The van der Waals surface area contributed by atoms with Crippen LogP contribution >= 0.6 is 0 Å². The number of benzene rings is 9. The minimum Gasteiger partial charge on any atom is -0.309 e. The molecule has 0 spiro atoms. The molecule has 0 radical (unpaired) electrons. The van der Waals surface area contributed by atoms with Gasteiger partial charge in [0, 0.05) is 49.4 Å². The second-order valence-corrected chi connectivity index (χ2v) is 15.0. The lowest BCUT2D eigenvalue weighted by atomic mass is 10.1. The maximum Gasteiger partial charge on any atom is 0.0548 e. The van der Waals surface area contributed by atoms with Crippen molar-refractivity contribution in [2.75, 3.05) is 0 Å². The molecule has 9 aromatic carbocycles. The molecular formula is C54H35N3. The first-order valence-electron chi connectivity index (χ1n) is 19.6. The standard InChI is InChI=1S/C54H35N3/c1-3-15-36(16-4-1)38-19-13-21-40(31-38)56-51-28-12-9-25-45(51)47-34-54-48(35-53(47)56)46-33-42(55-49-26-10-7-23-43(49)44-24-8-11-27-50(44)55)29-30-52(46)57(54)41-22-14-20-39(32-41)37-17-5-2-6-18-37/h1-35H. The summed E-state index contributed by atoms with van der Waals surface area (Å²) in [5.41, 5.74) is 15.4. The van der Waals surface area contributed by atoms with Gasteiger partial charge in [-0.2, -0.15) is 0 Å². The maximum atomic E-state index is 2.47. The molecule has 0 aliphatic carbocycles. The molecule has 0 amide bonds. The molecule has 57 heavy (non-hydrogen) atoms. The third kappa shape index (κ3) is 4.86. The molecule has 0 unspecified atom stereocenters. The van der Waals surface area contributed by atoms with Crippen molar-refractivity contribution in [3.8, 4) is 39.3 Å². The van der Waals surface area contributed by atoms with Crippen molar-refractivity contribution in [3.63, 3.8) is 0 Å². The molecule has 3 aromatic heterocycles. The van der Waals surface area contributed by atoms with Crippen LogP contribution in [0.1, 0.15) is 0 Å². The molecule has 0 fully saturated rings. The van der Waals surface area contributed by atoms with Gasteiger partial charge in [0.25, 0.3) is 0 Å². The fraction of sp³-hybridized carbons (Fsp3) is 0. The molecule has 0 saturated heterocycles. The summed E-state index contributed by atoms with van der Waals surface area (Å²) >= 11 is 0. The van der Waals surface area contributed by atoms with Crippen LogP contribution in [0.25, 0.3) is 105 Å². The summed E-state index contributed by atoms with van der Waals surface area (Å²) in [6, 6.07) is 77.5. The zero-order chi connectivity index (χ0) is 37.5. The minimum absolute atomic E-state index is 1.14. The average molecular weight is 726 g/mol. The fourth-order valence-electron chi connectivity index (χ4n) is 9.28. The van der Waals surface area contributed by atoms with Gasteiger partial charge >= 0.3 is 0 Å². The van der Waals surface area contributed by atoms with Crippen LogP contribution in [0.4, 0.5) is 0 Å². The number of hydrogen-bond acceptors (Lipinski definition) is 0. The Morgan fingerprint density at radius 1 is 0.193 bits per heavy atom. The molecule has 0 aliphatic heterocycles. The van der Waals surface area contributed by atoms with E-state index < -0.39 is 0 Å². The topological polar surface area (TPSA) is 14.8 Å². The molecule has 0 bridgehead atoms. The van der Waals surface area contributed by atoms with Crippen LogP contribution in [-0.2, 0) is 0 Å². The van der Waals surface area contributed by atoms with Gasteiger partial charge in [0.1, 0.15) is 0 Å².